The summed E-state index contributed by atoms with van der Waals surface area (Å²) < 4.78 is 17.7. The topological polar surface area (TPSA) is 137 Å². The average Bonchev–Trinajstić information content (AvgIpc) is 3.32. The zero-order valence-corrected chi connectivity index (χ0v) is 28.9. The lowest BCUT2D eigenvalue weighted by Gasteiger charge is -2.34. The quantitative estimate of drug-likeness (QED) is 0.157. The van der Waals surface area contributed by atoms with Gasteiger partial charge in [0.15, 0.2) is 5.78 Å². The smallest absolute Gasteiger partial charge is 0.251 e. The number of carbonyl (C=O) groups excluding carboxylic acids is 5. The van der Waals surface area contributed by atoms with Gasteiger partial charge in [-0.3, -0.25) is 29.0 Å². The summed E-state index contributed by atoms with van der Waals surface area (Å²) in [6, 6.07) is 6.97. The molecule has 260 valence electrons. The maximum atomic E-state index is 13.7. The number of rotatable bonds is 23. The number of hydrogen-bond donors (Lipinski definition) is 1. The number of benzene rings is 1. The van der Waals surface area contributed by atoms with Crippen LogP contribution in [0.5, 0.6) is 0 Å². The van der Waals surface area contributed by atoms with E-state index in [0.29, 0.717) is 36.2 Å². The molecule has 0 spiro atoms. The third kappa shape index (κ3) is 14.0. The number of ether oxygens (including phenoxy) is 3. The first-order chi connectivity index (χ1) is 22.4. The Morgan fingerprint density at radius 1 is 0.787 bits per heavy atom. The van der Waals surface area contributed by atoms with E-state index in [1.165, 1.54) is 0 Å². The predicted octanol–water partition coefficient (Wildman–Crippen LogP) is 5.32. The molecule has 1 aliphatic heterocycles. The molecule has 1 amide bonds. The van der Waals surface area contributed by atoms with Gasteiger partial charge in [0.25, 0.3) is 5.91 Å². The Bertz CT molecular complexity index is 1290. The van der Waals surface area contributed by atoms with Gasteiger partial charge in [-0.25, -0.2) is 0 Å². The predicted molar refractivity (Wildman–Crippen MR) is 184 cm³/mol. The number of hydrogen-bond acceptors (Lipinski definition) is 9. The van der Waals surface area contributed by atoms with Crippen LogP contribution in [0.4, 0.5) is 0 Å². The Labute approximate surface area is 280 Å². The van der Waals surface area contributed by atoms with Crippen LogP contribution < -0.4 is 5.32 Å². The molecule has 0 saturated carbocycles. The summed E-state index contributed by atoms with van der Waals surface area (Å²) >= 11 is 0. The molecule has 0 unspecified atom stereocenters. The molecular weight excluding hydrogens is 600 g/mol. The lowest BCUT2D eigenvalue weighted by Crippen LogP contribution is -2.58. The van der Waals surface area contributed by atoms with Gasteiger partial charge < -0.3 is 19.5 Å². The molecular formula is C37H54N2O8. The highest BCUT2D eigenvalue weighted by atomic mass is 16.5. The maximum Gasteiger partial charge on any atom is 0.251 e. The van der Waals surface area contributed by atoms with Crippen molar-refractivity contribution in [3.63, 3.8) is 0 Å². The fourth-order valence-electron chi connectivity index (χ4n) is 4.56. The molecule has 1 N–H and O–H groups in total. The van der Waals surface area contributed by atoms with Gasteiger partial charge >= 0.3 is 0 Å². The molecule has 10 heteroatoms. The van der Waals surface area contributed by atoms with E-state index in [1.54, 1.807) is 44.2 Å². The minimum Gasteiger partial charge on any atom is -0.378 e. The first-order valence-corrected chi connectivity index (χ1v) is 16.6. The summed E-state index contributed by atoms with van der Waals surface area (Å²) in [5.41, 5.74) is 1.33. The summed E-state index contributed by atoms with van der Waals surface area (Å²) in [7, 11) is 0. The van der Waals surface area contributed by atoms with E-state index in [4.69, 9.17) is 14.2 Å². The fraction of sp³-hybridized carbons (Fsp3) is 0.568. The van der Waals surface area contributed by atoms with Crippen LogP contribution in [0.2, 0.25) is 0 Å². The van der Waals surface area contributed by atoms with Crippen LogP contribution in [0.25, 0.3) is 0 Å². The van der Waals surface area contributed by atoms with Crippen LogP contribution in [0, 0.1) is 11.8 Å². The molecule has 0 saturated heterocycles. The number of aliphatic imine (C=N–C) groups is 1. The Morgan fingerprint density at radius 2 is 1.32 bits per heavy atom. The summed E-state index contributed by atoms with van der Waals surface area (Å²) in [6.07, 6.45) is 6.90. The molecule has 1 aliphatic rings. The second kappa shape index (κ2) is 20.6. The van der Waals surface area contributed by atoms with Gasteiger partial charge in [-0.05, 0) is 29.8 Å². The molecule has 1 aromatic carbocycles. The number of allylic oxidation sites excluding steroid dienone is 3. The van der Waals surface area contributed by atoms with Crippen molar-refractivity contribution in [3.8, 4) is 0 Å². The van der Waals surface area contributed by atoms with Crippen LogP contribution in [0.1, 0.15) is 91.0 Å². The van der Waals surface area contributed by atoms with Gasteiger partial charge in [0, 0.05) is 56.5 Å². The summed E-state index contributed by atoms with van der Waals surface area (Å²) in [5.74, 6) is -0.387. The van der Waals surface area contributed by atoms with Crippen molar-refractivity contribution in [1.82, 2.24) is 5.32 Å². The van der Waals surface area contributed by atoms with Gasteiger partial charge in [-0.15, -0.1) is 0 Å². The number of nitrogens with zero attached hydrogens (tertiary/aromatic N) is 1. The maximum absolute atomic E-state index is 13.7. The van der Waals surface area contributed by atoms with Gasteiger partial charge in [-0.2, -0.15) is 0 Å². The van der Waals surface area contributed by atoms with Gasteiger partial charge in [0.2, 0.25) is 0 Å². The van der Waals surface area contributed by atoms with Crippen molar-refractivity contribution in [2.45, 2.75) is 79.2 Å². The third-order valence-corrected chi connectivity index (χ3v) is 7.74. The first kappa shape index (κ1) is 39.6. The first-order valence-electron chi connectivity index (χ1n) is 16.6. The summed E-state index contributed by atoms with van der Waals surface area (Å²) in [6.45, 7) is 11.8. The zero-order valence-electron chi connectivity index (χ0n) is 28.9. The SMILES string of the molecule is CCC(=O)CCOCC(COCCC(=O)CC)(COCCC(=O)C(C)C)NC(=O)c1ccc(C2=NCC=C(C(=O)C(C)C)C=C2)cc1.[HH]. The second-order valence-corrected chi connectivity index (χ2v) is 12.4. The highest BCUT2D eigenvalue weighted by molar-refractivity contribution is 6.11. The monoisotopic (exact) mass is 654 g/mol. The summed E-state index contributed by atoms with van der Waals surface area (Å²) in [4.78, 5) is 66.6. The summed E-state index contributed by atoms with van der Waals surface area (Å²) in [5, 5.41) is 3.04. The molecule has 47 heavy (non-hydrogen) atoms. The molecule has 0 radical (unpaired) electrons. The van der Waals surface area contributed by atoms with Crippen LogP contribution in [-0.4, -0.2) is 86.5 Å². The van der Waals surface area contributed by atoms with E-state index < -0.39 is 11.4 Å². The van der Waals surface area contributed by atoms with Crippen LogP contribution in [0.15, 0.2) is 53.1 Å². The Morgan fingerprint density at radius 3 is 1.81 bits per heavy atom. The van der Waals surface area contributed by atoms with E-state index in [2.05, 4.69) is 10.3 Å². The zero-order chi connectivity index (χ0) is 34.8. The van der Waals surface area contributed by atoms with E-state index in [9.17, 15) is 24.0 Å². The molecule has 10 nitrogen and oxygen atoms in total. The number of amides is 1. The normalized spacial score (nSPS) is 13.3. The van der Waals surface area contributed by atoms with Crippen molar-refractivity contribution < 1.29 is 39.6 Å². The Balaban J connectivity index is 0.0000115. The van der Waals surface area contributed by atoms with E-state index in [0.717, 1.165) is 5.56 Å². The second-order valence-electron chi connectivity index (χ2n) is 12.4. The van der Waals surface area contributed by atoms with Gasteiger partial charge in [-0.1, -0.05) is 59.8 Å². The lowest BCUT2D eigenvalue weighted by molar-refractivity contribution is -0.123. The van der Waals surface area contributed by atoms with Gasteiger partial charge in [0.05, 0.1) is 51.9 Å². The molecule has 1 aromatic rings. The van der Waals surface area contributed by atoms with Crippen molar-refractivity contribution >= 4 is 34.8 Å². The molecule has 0 bridgehead atoms. The van der Waals surface area contributed by atoms with Gasteiger partial charge in [0.1, 0.15) is 22.9 Å². The molecule has 0 fully saturated rings. The minimum absolute atomic E-state index is 0. The highest BCUT2D eigenvalue weighted by Gasteiger charge is 2.34. The largest absolute Gasteiger partial charge is 0.378 e. The van der Waals surface area contributed by atoms with Crippen LogP contribution in [-0.2, 0) is 33.4 Å². The minimum atomic E-state index is -1.17. The van der Waals surface area contributed by atoms with Crippen molar-refractivity contribution in [1.29, 1.82) is 0 Å². The molecule has 2 rings (SSSR count). The number of Topliss-reactive ketones (excluding diaryl/α,β-unsaturated/α-hetero) is 4. The van der Waals surface area contributed by atoms with Crippen molar-refractivity contribution in [3.05, 3.63) is 59.2 Å². The lowest BCUT2D eigenvalue weighted by atomic mass is 9.99. The third-order valence-electron chi connectivity index (χ3n) is 7.74. The molecule has 0 aliphatic carbocycles. The Kier molecular flexibility index (Phi) is 17.3. The van der Waals surface area contributed by atoms with Crippen LogP contribution in [0.3, 0.4) is 0 Å². The number of ketones is 4. The van der Waals surface area contributed by atoms with E-state index >= 15 is 0 Å². The Hall–Kier alpha value is -3.60. The van der Waals surface area contributed by atoms with E-state index in [-0.39, 0.29) is 95.3 Å². The highest BCUT2D eigenvalue weighted by Crippen LogP contribution is 2.16. The average molecular weight is 655 g/mol. The van der Waals surface area contributed by atoms with E-state index in [1.807, 2.05) is 39.8 Å². The molecule has 1 heterocycles. The standard InChI is InChI=1S/C37H52N2O8.H2/c1-7-31(40)16-20-45-23-37(24-46-21-17-32(41)8-2,25-47-22-18-34(42)26(3)4)39-36(44)30-11-9-28(10-12-30)33-14-13-29(15-19-38-33)35(43)27(5)6;/h9-15,26-27H,7-8,16-25H2,1-6H3,(H,39,44);1H. The molecule has 0 aromatic heterocycles. The molecule has 0 atom stereocenters. The number of nitrogens with one attached hydrogen (secondary N) is 1. The fourth-order valence-corrected chi connectivity index (χ4v) is 4.56. The van der Waals surface area contributed by atoms with Crippen molar-refractivity contribution in [2.75, 3.05) is 46.2 Å². The van der Waals surface area contributed by atoms with Crippen LogP contribution >= 0.6 is 0 Å². The van der Waals surface area contributed by atoms with Crippen molar-refractivity contribution in [2.24, 2.45) is 16.8 Å². The number of carbonyl (C=O) groups is 5.